The van der Waals surface area contributed by atoms with Crippen LogP contribution in [0.4, 0.5) is 0 Å². The summed E-state index contributed by atoms with van der Waals surface area (Å²) in [4.78, 5) is 3.20. The molecule has 15 heavy (non-hydrogen) atoms. The van der Waals surface area contributed by atoms with Crippen LogP contribution in [0.5, 0.6) is 0 Å². The van der Waals surface area contributed by atoms with Crippen LogP contribution < -0.4 is 0 Å². The third-order valence-corrected chi connectivity index (χ3v) is 2.39. The number of methoxy groups -OCH3 is 1. The van der Waals surface area contributed by atoms with Crippen LogP contribution in [0.15, 0.2) is 42.6 Å². The van der Waals surface area contributed by atoms with E-state index in [9.17, 15) is 0 Å². The summed E-state index contributed by atoms with van der Waals surface area (Å²) in [6.45, 7) is 0.683. The zero-order chi connectivity index (χ0) is 10.5. The third-order valence-electron chi connectivity index (χ3n) is 2.39. The molecule has 2 rings (SSSR count). The van der Waals surface area contributed by atoms with E-state index in [-0.39, 0.29) is 0 Å². The number of hydrogen-bond donors (Lipinski definition) is 1. The average Bonchev–Trinajstić information content (AvgIpc) is 2.74. The van der Waals surface area contributed by atoms with Crippen LogP contribution in [-0.4, -0.2) is 12.1 Å². The maximum Gasteiger partial charge on any atom is 0.0713 e. The van der Waals surface area contributed by atoms with E-state index in [2.05, 4.69) is 35.3 Å². The first-order valence-corrected chi connectivity index (χ1v) is 5.07. The molecule has 1 aromatic heterocycles. The zero-order valence-corrected chi connectivity index (χ0v) is 8.86. The molecule has 0 aliphatic carbocycles. The average molecular weight is 201 g/mol. The highest BCUT2D eigenvalue weighted by molar-refractivity contribution is 5.25. The van der Waals surface area contributed by atoms with Crippen molar-refractivity contribution in [2.24, 2.45) is 0 Å². The van der Waals surface area contributed by atoms with Gasteiger partial charge in [0.25, 0.3) is 0 Å². The summed E-state index contributed by atoms with van der Waals surface area (Å²) < 4.78 is 5.07. The highest BCUT2D eigenvalue weighted by Gasteiger charge is 1.97. The second-order valence-electron chi connectivity index (χ2n) is 3.62. The number of aromatic nitrogens is 1. The quantitative estimate of drug-likeness (QED) is 0.808. The normalized spacial score (nSPS) is 10.5. The third kappa shape index (κ3) is 2.70. The summed E-state index contributed by atoms with van der Waals surface area (Å²) >= 11 is 0. The minimum Gasteiger partial charge on any atom is -0.380 e. The van der Waals surface area contributed by atoms with Crippen LogP contribution in [0, 0.1) is 0 Å². The molecule has 0 radical (unpaired) electrons. The Morgan fingerprint density at radius 1 is 1.07 bits per heavy atom. The van der Waals surface area contributed by atoms with Crippen LogP contribution in [0.2, 0.25) is 0 Å². The van der Waals surface area contributed by atoms with Crippen molar-refractivity contribution in [3.8, 4) is 0 Å². The SMILES string of the molecule is COCc1ccc(Cc2ccc[nH]2)cc1. The number of benzene rings is 1. The minimum atomic E-state index is 0.683. The molecule has 0 saturated carbocycles. The minimum absolute atomic E-state index is 0.683. The van der Waals surface area contributed by atoms with Crippen LogP contribution in [0.25, 0.3) is 0 Å². The molecule has 2 aromatic rings. The maximum absolute atomic E-state index is 5.07. The molecular formula is C13H15NO. The van der Waals surface area contributed by atoms with E-state index in [0.717, 1.165) is 6.42 Å². The second-order valence-corrected chi connectivity index (χ2v) is 3.62. The summed E-state index contributed by atoms with van der Waals surface area (Å²) in [5.41, 5.74) is 3.78. The van der Waals surface area contributed by atoms with E-state index in [1.807, 2.05) is 12.3 Å². The Hall–Kier alpha value is -1.54. The Balaban J connectivity index is 2.04. The first-order valence-electron chi connectivity index (χ1n) is 5.07. The highest BCUT2D eigenvalue weighted by atomic mass is 16.5. The monoisotopic (exact) mass is 201 g/mol. The molecule has 2 nitrogen and oxygen atoms in total. The Bertz CT molecular complexity index is 389. The summed E-state index contributed by atoms with van der Waals surface area (Å²) in [6.07, 6.45) is 2.91. The van der Waals surface area contributed by atoms with Gasteiger partial charge >= 0.3 is 0 Å². The van der Waals surface area contributed by atoms with E-state index in [1.54, 1.807) is 7.11 Å². The highest BCUT2D eigenvalue weighted by Crippen LogP contribution is 2.09. The smallest absolute Gasteiger partial charge is 0.0713 e. The Kier molecular flexibility index (Phi) is 3.20. The van der Waals surface area contributed by atoms with Gasteiger partial charge in [-0.05, 0) is 23.3 Å². The van der Waals surface area contributed by atoms with Gasteiger partial charge in [-0.25, -0.2) is 0 Å². The van der Waals surface area contributed by atoms with Crippen molar-refractivity contribution in [2.75, 3.05) is 7.11 Å². The summed E-state index contributed by atoms with van der Waals surface area (Å²) in [5, 5.41) is 0. The Morgan fingerprint density at radius 3 is 2.40 bits per heavy atom. The van der Waals surface area contributed by atoms with Crippen LogP contribution >= 0.6 is 0 Å². The molecule has 2 heteroatoms. The summed E-state index contributed by atoms with van der Waals surface area (Å²) in [7, 11) is 1.72. The lowest BCUT2D eigenvalue weighted by Crippen LogP contribution is -1.90. The lowest BCUT2D eigenvalue weighted by Gasteiger charge is -2.02. The van der Waals surface area contributed by atoms with E-state index in [4.69, 9.17) is 4.74 Å². The Morgan fingerprint density at radius 2 is 1.80 bits per heavy atom. The molecule has 0 aliphatic rings. The van der Waals surface area contributed by atoms with Gasteiger partial charge in [-0.1, -0.05) is 24.3 Å². The van der Waals surface area contributed by atoms with Crippen molar-refractivity contribution in [1.29, 1.82) is 0 Å². The number of H-pyrrole nitrogens is 1. The second kappa shape index (κ2) is 4.80. The van der Waals surface area contributed by atoms with Gasteiger partial charge in [-0.2, -0.15) is 0 Å². The van der Waals surface area contributed by atoms with Gasteiger partial charge in [0.15, 0.2) is 0 Å². The first kappa shape index (κ1) is 9.99. The van der Waals surface area contributed by atoms with Gasteiger partial charge in [-0.3, -0.25) is 0 Å². The lowest BCUT2D eigenvalue weighted by molar-refractivity contribution is 0.185. The molecule has 0 spiro atoms. The van der Waals surface area contributed by atoms with Crippen LogP contribution in [0.3, 0.4) is 0 Å². The van der Waals surface area contributed by atoms with Gasteiger partial charge in [0.2, 0.25) is 0 Å². The van der Waals surface area contributed by atoms with E-state index >= 15 is 0 Å². The fourth-order valence-electron chi connectivity index (χ4n) is 1.62. The fourth-order valence-corrected chi connectivity index (χ4v) is 1.62. The number of rotatable bonds is 4. The molecule has 0 saturated heterocycles. The molecule has 0 aliphatic heterocycles. The topological polar surface area (TPSA) is 25.0 Å². The molecule has 0 unspecified atom stereocenters. The summed E-state index contributed by atoms with van der Waals surface area (Å²) in [5.74, 6) is 0. The van der Waals surface area contributed by atoms with Gasteiger partial charge < -0.3 is 9.72 Å². The number of hydrogen-bond acceptors (Lipinski definition) is 1. The maximum atomic E-state index is 5.07. The zero-order valence-electron chi connectivity index (χ0n) is 8.86. The molecule has 1 N–H and O–H groups in total. The predicted molar refractivity (Wildman–Crippen MR) is 60.8 cm³/mol. The van der Waals surface area contributed by atoms with Crippen molar-refractivity contribution >= 4 is 0 Å². The number of nitrogens with one attached hydrogen (secondary N) is 1. The largest absolute Gasteiger partial charge is 0.380 e. The molecule has 1 heterocycles. The Labute approximate surface area is 89.9 Å². The molecule has 0 fully saturated rings. The van der Waals surface area contributed by atoms with Crippen LogP contribution in [0.1, 0.15) is 16.8 Å². The predicted octanol–water partition coefficient (Wildman–Crippen LogP) is 2.75. The standard InChI is InChI=1S/C13H15NO/c1-15-10-12-6-4-11(5-7-12)9-13-3-2-8-14-13/h2-8,14H,9-10H2,1H3. The first-order chi connectivity index (χ1) is 7.38. The van der Waals surface area contributed by atoms with E-state index in [1.165, 1.54) is 16.8 Å². The fraction of sp³-hybridized carbons (Fsp3) is 0.231. The van der Waals surface area contributed by atoms with Crippen molar-refractivity contribution in [2.45, 2.75) is 13.0 Å². The summed E-state index contributed by atoms with van der Waals surface area (Å²) in [6, 6.07) is 12.6. The molecule has 78 valence electrons. The molecule has 0 amide bonds. The molecule has 1 aromatic carbocycles. The van der Waals surface area contributed by atoms with Gasteiger partial charge in [0.1, 0.15) is 0 Å². The van der Waals surface area contributed by atoms with Crippen molar-refractivity contribution in [3.63, 3.8) is 0 Å². The lowest BCUT2D eigenvalue weighted by atomic mass is 10.1. The molecular weight excluding hydrogens is 186 g/mol. The molecule has 0 bridgehead atoms. The molecule has 0 atom stereocenters. The van der Waals surface area contributed by atoms with E-state index < -0.39 is 0 Å². The number of ether oxygens (including phenoxy) is 1. The van der Waals surface area contributed by atoms with Gasteiger partial charge in [0.05, 0.1) is 6.61 Å². The van der Waals surface area contributed by atoms with Crippen LogP contribution in [-0.2, 0) is 17.8 Å². The number of aromatic amines is 1. The van der Waals surface area contributed by atoms with Crippen molar-refractivity contribution in [1.82, 2.24) is 4.98 Å². The van der Waals surface area contributed by atoms with E-state index in [0.29, 0.717) is 6.61 Å². The van der Waals surface area contributed by atoms with Crippen molar-refractivity contribution < 1.29 is 4.74 Å². The van der Waals surface area contributed by atoms with Crippen molar-refractivity contribution in [3.05, 3.63) is 59.4 Å². The van der Waals surface area contributed by atoms with Gasteiger partial charge in [0, 0.05) is 25.4 Å². The van der Waals surface area contributed by atoms with Gasteiger partial charge in [-0.15, -0.1) is 0 Å².